The monoisotopic (exact) mass is 367 g/mol. The molecule has 1 aromatic carbocycles. The van der Waals surface area contributed by atoms with Crippen molar-refractivity contribution in [3.05, 3.63) is 48.2 Å². The minimum Gasteiger partial charge on any atom is -0.464 e. The van der Waals surface area contributed by atoms with Crippen LogP contribution in [0.3, 0.4) is 0 Å². The van der Waals surface area contributed by atoms with Gasteiger partial charge >= 0.3 is 6.03 Å². The summed E-state index contributed by atoms with van der Waals surface area (Å²) in [6.07, 6.45) is 3.67. The molecule has 2 atom stereocenters. The average Bonchev–Trinajstić information content (AvgIpc) is 3.07. The van der Waals surface area contributed by atoms with E-state index in [1.807, 2.05) is 46.2 Å². The van der Waals surface area contributed by atoms with Crippen LogP contribution in [0.25, 0.3) is 11.3 Å². The molecule has 6 heteroatoms. The molecule has 0 spiro atoms. The summed E-state index contributed by atoms with van der Waals surface area (Å²) < 4.78 is 5.41. The van der Waals surface area contributed by atoms with Crippen molar-refractivity contribution in [3.8, 4) is 11.3 Å². The number of benzene rings is 1. The maximum atomic E-state index is 13.1. The molecule has 0 saturated carbocycles. The fraction of sp³-hybridized carbons (Fsp3) is 0.429. The van der Waals surface area contributed by atoms with Crippen molar-refractivity contribution in [2.45, 2.75) is 18.9 Å². The maximum Gasteiger partial charge on any atom is 0.319 e. The molecule has 0 unspecified atom stereocenters. The molecule has 0 aliphatic carbocycles. The third kappa shape index (κ3) is 3.44. The van der Waals surface area contributed by atoms with E-state index in [9.17, 15) is 9.59 Å². The van der Waals surface area contributed by atoms with Gasteiger partial charge in [0.25, 0.3) is 5.91 Å². The molecule has 5 rings (SSSR count). The Morgan fingerprint density at radius 3 is 2.48 bits per heavy atom. The number of hydrogen-bond acceptors (Lipinski definition) is 3. The van der Waals surface area contributed by atoms with Crippen LogP contribution in [0, 0.1) is 5.92 Å². The van der Waals surface area contributed by atoms with Crippen LogP contribution in [-0.2, 0) is 0 Å². The SMILES string of the molecule is CN(C)C(=O)N1C[C@H]2CC[C@@H](C1)N(C(=O)c1ccc(-c3ccco3)cc1)C2. The topological polar surface area (TPSA) is 57.0 Å². The normalized spacial score (nSPS) is 21.9. The van der Waals surface area contributed by atoms with Crippen LogP contribution in [-0.4, -0.2) is 66.4 Å². The second-order valence-corrected chi connectivity index (χ2v) is 7.69. The van der Waals surface area contributed by atoms with Crippen molar-refractivity contribution in [2.75, 3.05) is 33.7 Å². The van der Waals surface area contributed by atoms with Crippen LogP contribution in [0.4, 0.5) is 4.79 Å². The number of amides is 3. The number of fused-ring (bicyclic) bond motifs is 4. The largest absolute Gasteiger partial charge is 0.464 e. The van der Waals surface area contributed by atoms with Crippen molar-refractivity contribution in [1.29, 1.82) is 0 Å². The quantitative estimate of drug-likeness (QED) is 0.819. The maximum absolute atomic E-state index is 13.1. The molecular formula is C21H25N3O3. The van der Waals surface area contributed by atoms with Crippen molar-refractivity contribution in [3.63, 3.8) is 0 Å². The van der Waals surface area contributed by atoms with Gasteiger partial charge in [-0.3, -0.25) is 4.79 Å². The zero-order chi connectivity index (χ0) is 19.0. The molecular weight excluding hydrogens is 342 g/mol. The zero-order valence-electron chi connectivity index (χ0n) is 15.8. The Balaban J connectivity index is 1.51. The van der Waals surface area contributed by atoms with Gasteiger partial charge < -0.3 is 19.1 Å². The van der Waals surface area contributed by atoms with E-state index in [-0.39, 0.29) is 18.0 Å². The highest BCUT2D eigenvalue weighted by Crippen LogP contribution is 2.30. The van der Waals surface area contributed by atoms with Gasteiger partial charge in [0, 0.05) is 50.9 Å². The number of piperidine rings is 1. The summed E-state index contributed by atoms with van der Waals surface area (Å²) in [5.74, 6) is 1.19. The molecule has 0 radical (unpaired) electrons. The minimum absolute atomic E-state index is 0.0315. The summed E-state index contributed by atoms with van der Waals surface area (Å²) in [7, 11) is 3.55. The highest BCUT2D eigenvalue weighted by Gasteiger charge is 2.39. The van der Waals surface area contributed by atoms with Gasteiger partial charge in [-0.1, -0.05) is 12.1 Å². The van der Waals surface area contributed by atoms with Gasteiger partial charge in [0.2, 0.25) is 0 Å². The lowest BCUT2D eigenvalue weighted by Gasteiger charge is -2.36. The summed E-state index contributed by atoms with van der Waals surface area (Å²) >= 11 is 0. The number of carbonyl (C=O) groups excluding carboxylic acids is 2. The summed E-state index contributed by atoms with van der Waals surface area (Å²) in [5.41, 5.74) is 1.64. The Hall–Kier alpha value is -2.76. The smallest absolute Gasteiger partial charge is 0.319 e. The standard InChI is InChI=1S/C21H25N3O3/c1-22(2)21(26)23-12-15-5-10-18(14-23)24(13-15)20(25)17-8-6-16(7-9-17)19-4-3-11-27-19/h3-4,6-9,11,15,18H,5,10,12-14H2,1-2H3/t15-,18+/m1/s1. The van der Waals surface area contributed by atoms with E-state index in [0.29, 0.717) is 18.0 Å². The summed E-state index contributed by atoms with van der Waals surface area (Å²) in [5, 5.41) is 0. The van der Waals surface area contributed by atoms with Crippen LogP contribution < -0.4 is 0 Å². The first-order valence-electron chi connectivity index (χ1n) is 9.44. The molecule has 4 heterocycles. The van der Waals surface area contributed by atoms with Gasteiger partial charge in [-0.15, -0.1) is 0 Å². The van der Waals surface area contributed by atoms with Gasteiger partial charge in [0.05, 0.1) is 6.26 Å². The van der Waals surface area contributed by atoms with E-state index < -0.39 is 0 Å². The average molecular weight is 367 g/mol. The third-order valence-electron chi connectivity index (χ3n) is 5.57. The Labute approximate surface area is 159 Å². The van der Waals surface area contributed by atoms with E-state index in [1.54, 1.807) is 25.3 Å². The van der Waals surface area contributed by atoms with Crippen LogP contribution in [0.2, 0.25) is 0 Å². The van der Waals surface area contributed by atoms with Gasteiger partial charge in [0.1, 0.15) is 5.76 Å². The number of hydrogen-bond donors (Lipinski definition) is 0. The second kappa shape index (κ2) is 7.10. The lowest BCUT2D eigenvalue weighted by atomic mass is 9.94. The van der Waals surface area contributed by atoms with Gasteiger partial charge in [-0.05, 0) is 43.0 Å². The van der Waals surface area contributed by atoms with Crippen molar-refractivity contribution < 1.29 is 14.0 Å². The van der Waals surface area contributed by atoms with Crippen molar-refractivity contribution in [1.82, 2.24) is 14.7 Å². The Bertz CT molecular complexity index is 814. The predicted molar refractivity (Wildman–Crippen MR) is 102 cm³/mol. The molecule has 2 aromatic rings. The number of urea groups is 1. The molecule has 1 aromatic heterocycles. The Morgan fingerprint density at radius 1 is 1.04 bits per heavy atom. The molecule has 3 aliphatic rings. The fourth-order valence-electron chi connectivity index (χ4n) is 4.16. The molecule has 3 fully saturated rings. The van der Waals surface area contributed by atoms with E-state index in [0.717, 1.165) is 37.3 Å². The first-order valence-corrected chi connectivity index (χ1v) is 9.44. The summed E-state index contributed by atoms with van der Waals surface area (Å²) in [4.78, 5) is 31.0. The first-order chi connectivity index (χ1) is 13.0. The molecule has 3 aliphatic heterocycles. The van der Waals surface area contributed by atoms with E-state index >= 15 is 0 Å². The van der Waals surface area contributed by atoms with Crippen LogP contribution in [0.15, 0.2) is 47.1 Å². The second-order valence-electron chi connectivity index (χ2n) is 7.69. The predicted octanol–water partition coefficient (Wildman–Crippen LogP) is 3.16. The Morgan fingerprint density at radius 2 is 1.81 bits per heavy atom. The Kier molecular flexibility index (Phi) is 4.64. The first kappa shape index (κ1) is 17.6. The third-order valence-corrected chi connectivity index (χ3v) is 5.57. The zero-order valence-corrected chi connectivity index (χ0v) is 15.8. The lowest BCUT2D eigenvalue weighted by molar-refractivity contribution is 0.0586. The van der Waals surface area contributed by atoms with Gasteiger partial charge in [-0.25, -0.2) is 4.79 Å². The number of furan rings is 1. The van der Waals surface area contributed by atoms with Crippen LogP contribution >= 0.6 is 0 Å². The molecule has 3 amide bonds. The number of nitrogens with zero attached hydrogens (tertiary/aromatic N) is 3. The molecule has 3 saturated heterocycles. The van der Waals surface area contributed by atoms with Crippen LogP contribution in [0.1, 0.15) is 23.2 Å². The summed E-state index contributed by atoms with van der Waals surface area (Å²) in [6.45, 7) is 2.07. The van der Waals surface area contributed by atoms with E-state index in [1.165, 1.54) is 0 Å². The van der Waals surface area contributed by atoms with Crippen molar-refractivity contribution in [2.24, 2.45) is 5.92 Å². The molecule has 2 bridgehead atoms. The minimum atomic E-state index is 0.0315. The van der Waals surface area contributed by atoms with Gasteiger partial charge in [0.15, 0.2) is 0 Å². The molecule has 6 nitrogen and oxygen atoms in total. The summed E-state index contributed by atoms with van der Waals surface area (Å²) in [6, 6.07) is 11.4. The number of carbonyl (C=O) groups is 2. The molecule has 27 heavy (non-hydrogen) atoms. The number of rotatable bonds is 2. The molecule has 142 valence electrons. The molecule has 0 N–H and O–H groups in total. The van der Waals surface area contributed by atoms with Crippen LogP contribution in [0.5, 0.6) is 0 Å². The van der Waals surface area contributed by atoms with E-state index in [4.69, 9.17) is 4.42 Å². The highest BCUT2D eigenvalue weighted by molar-refractivity contribution is 5.95. The lowest BCUT2D eigenvalue weighted by Crippen LogP contribution is -2.48. The highest BCUT2D eigenvalue weighted by atomic mass is 16.3. The van der Waals surface area contributed by atoms with Crippen molar-refractivity contribution >= 4 is 11.9 Å². The van der Waals surface area contributed by atoms with Gasteiger partial charge in [-0.2, -0.15) is 0 Å². The van der Waals surface area contributed by atoms with E-state index in [2.05, 4.69) is 0 Å². The fourth-order valence-corrected chi connectivity index (χ4v) is 4.16.